The van der Waals surface area contributed by atoms with Gasteiger partial charge in [0.05, 0.1) is 5.69 Å². The lowest BCUT2D eigenvalue weighted by Crippen LogP contribution is -2.08. The molecule has 0 amide bonds. The van der Waals surface area contributed by atoms with Crippen molar-refractivity contribution >= 4 is 28.8 Å². The standard InChI is InChI=1S/C24H25N5S2/c1-5-13-29-22(18-10-8-11-20(14-18)28(3)4)26-27-24(29)31-16-19-15-30-23(25-19)21-12-7-6-9-17(21)2/h5-12,14-15H,1,13,16H2,2-4H3. The third-order valence-corrected chi connectivity index (χ3v) is 6.85. The van der Waals surface area contributed by atoms with E-state index in [9.17, 15) is 0 Å². The zero-order valence-electron chi connectivity index (χ0n) is 17.9. The third-order valence-electron chi connectivity index (χ3n) is 4.93. The second-order valence-electron chi connectivity index (χ2n) is 7.40. The quantitative estimate of drug-likeness (QED) is 0.248. The predicted octanol–water partition coefficient (Wildman–Crippen LogP) is 5.92. The van der Waals surface area contributed by atoms with Crippen molar-refractivity contribution < 1.29 is 0 Å². The fourth-order valence-electron chi connectivity index (χ4n) is 3.27. The number of rotatable bonds is 8. The summed E-state index contributed by atoms with van der Waals surface area (Å²) in [6.07, 6.45) is 1.88. The van der Waals surface area contributed by atoms with Crippen LogP contribution in [0.4, 0.5) is 5.69 Å². The van der Waals surface area contributed by atoms with Gasteiger partial charge in [-0.15, -0.1) is 28.1 Å². The number of benzene rings is 2. The van der Waals surface area contributed by atoms with Gasteiger partial charge < -0.3 is 4.90 Å². The number of aryl methyl sites for hydroxylation is 1. The number of thiazole rings is 1. The molecule has 0 saturated heterocycles. The van der Waals surface area contributed by atoms with Gasteiger partial charge in [0.2, 0.25) is 0 Å². The van der Waals surface area contributed by atoms with Crippen molar-refractivity contribution in [2.24, 2.45) is 0 Å². The first-order valence-electron chi connectivity index (χ1n) is 10.0. The van der Waals surface area contributed by atoms with Crippen LogP contribution in [0.2, 0.25) is 0 Å². The molecule has 0 aliphatic heterocycles. The molecule has 158 valence electrons. The number of allylic oxidation sites excluding steroid dienone is 1. The fraction of sp³-hybridized carbons (Fsp3) is 0.208. The first-order valence-corrected chi connectivity index (χ1v) is 11.9. The van der Waals surface area contributed by atoms with E-state index in [2.05, 4.69) is 81.0 Å². The van der Waals surface area contributed by atoms with E-state index >= 15 is 0 Å². The molecule has 0 atom stereocenters. The summed E-state index contributed by atoms with van der Waals surface area (Å²) < 4.78 is 2.11. The Hall–Kier alpha value is -2.90. The van der Waals surface area contributed by atoms with Crippen LogP contribution in [0.1, 0.15) is 11.3 Å². The van der Waals surface area contributed by atoms with Crippen LogP contribution >= 0.6 is 23.1 Å². The summed E-state index contributed by atoms with van der Waals surface area (Å²) in [5, 5.41) is 13.0. The molecular formula is C24H25N5S2. The third kappa shape index (κ3) is 4.73. The van der Waals surface area contributed by atoms with Gasteiger partial charge >= 0.3 is 0 Å². The second-order valence-corrected chi connectivity index (χ2v) is 9.20. The number of thioether (sulfide) groups is 1. The summed E-state index contributed by atoms with van der Waals surface area (Å²) in [6.45, 7) is 6.69. The Morgan fingerprint density at radius 2 is 1.97 bits per heavy atom. The minimum absolute atomic E-state index is 0.655. The normalized spacial score (nSPS) is 10.9. The maximum absolute atomic E-state index is 4.84. The van der Waals surface area contributed by atoms with E-state index in [4.69, 9.17) is 4.98 Å². The molecule has 4 aromatic rings. The molecule has 0 aliphatic carbocycles. The average Bonchev–Trinajstić information content (AvgIpc) is 3.40. The van der Waals surface area contributed by atoms with Gasteiger partial charge in [-0.25, -0.2) is 4.98 Å². The Labute approximate surface area is 191 Å². The summed E-state index contributed by atoms with van der Waals surface area (Å²) >= 11 is 3.34. The molecule has 0 N–H and O–H groups in total. The molecule has 0 radical (unpaired) electrons. The monoisotopic (exact) mass is 447 g/mol. The van der Waals surface area contributed by atoms with Crippen LogP contribution in [0.3, 0.4) is 0 Å². The molecule has 7 heteroatoms. The molecule has 5 nitrogen and oxygen atoms in total. The Morgan fingerprint density at radius 3 is 2.74 bits per heavy atom. The lowest BCUT2D eigenvalue weighted by molar-refractivity contribution is 0.731. The van der Waals surface area contributed by atoms with Crippen LogP contribution < -0.4 is 4.90 Å². The van der Waals surface area contributed by atoms with Crippen LogP contribution in [-0.2, 0) is 12.3 Å². The zero-order valence-corrected chi connectivity index (χ0v) is 19.6. The van der Waals surface area contributed by atoms with E-state index in [1.807, 2.05) is 26.2 Å². The lowest BCUT2D eigenvalue weighted by Gasteiger charge is -2.14. The van der Waals surface area contributed by atoms with E-state index in [0.29, 0.717) is 6.54 Å². The first-order chi connectivity index (χ1) is 15.1. The van der Waals surface area contributed by atoms with Crippen molar-refractivity contribution in [3.8, 4) is 22.0 Å². The van der Waals surface area contributed by atoms with Gasteiger partial charge in [0, 0.05) is 48.6 Å². The van der Waals surface area contributed by atoms with Gasteiger partial charge in [-0.1, -0.05) is 54.2 Å². The van der Waals surface area contributed by atoms with Crippen molar-refractivity contribution in [3.05, 3.63) is 77.8 Å². The highest BCUT2D eigenvalue weighted by Gasteiger charge is 2.15. The Bertz CT molecular complexity index is 1190. The van der Waals surface area contributed by atoms with E-state index < -0.39 is 0 Å². The molecule has 0 fully saturated rings. The van der Waals surface area contributed by atoms with Crippen molar-refractivity contribution in [1.29, 1.82) is 0 Å². The van der Waals surface area contributed by atoms with Crippen LogP contribution in [-0.4, -0.2) is 33.8 Å². The maximum atomic E-state index is 4.84. The highest BCUT2D eigenvalue weighted by Crippen LogP contribution is 2.31. The molecular weight excluding hydrogens is 422 g/mol. The molecule has 31 heavy (non-hydrogen) atoms. The van der Waals surface area contributed by atoms with E-state index in [-0.39, 0.29) is 0 Å². The minimum Gasteiger partial charge on any atom is -0.378 e. The van der Waals surface area contributed by atoms with Gasteiger partial charge in [0.15, 0.2) is 11.0 Å². The van der Waals surface area contributed by atoms with Crippen LogP contribution in [0.5, 0.6) is 0 Å². The number of nitrogens with zero attached hydrogens (tertiary/aromatic N) is 5. The van der Waals surface area contributed by atoms with Gasteiger partial charge in [-0.3, -0.25) is 4.57 Å². The van der Waals surface area contributed by atoms with Crippen LogP contribution in [0.25, 0.3) is 22.0 Å². The molecule has 0 saturated carbocycles. The van der Waals surface area contributed by atoms with Crippen molar-refractivity contribution in [2.75, 3.05) is 19.0 Å². The molecule has 2 aromatic heterocycles. The van der Waals surface area contributed by atoms with Crippen molar-refractivity contribution in [2.45, 2.75) is 24.4 Å². The highest BCUT2D eigenvalue weighted by molar-refractivity contribution is 7.98. The van der Waals surface area contributed by atoms with Crippen LogP contribution in [0, 0.1) is 6.92 Å². The van der Waals surface area contributed by atoms with E-state index in [0.717, 1.165) is 38.7 Å². The number of hydrogen-bond acceptors (Lipinski definition) is 6. The highest BCUT2D eigenvalue weighted by atomic mass is 32.2. The Kier molecular flexibility index (Phi) is 6.53. The lowest BCUT2D eigenvalue weighted by atomic mass is 10.1. The molecule has 0 aliphatic rings. The minimum atomic E-state index is 0.655. The zero-order chi connectivity index (χ0) is 21.8. The van der Waals surface area contributed by atoms with Gasteiger partial charge in [0.25, 0.3) is 0 Å². The smallest absolute Gasteiger partial charge is 0.192 e. The molecule has 0 unspecified atom stereocenters. The topological polar surface area (TPSA) is 46.8 Å². The van der Waals surface area contributed by atoms with Gasteiger partial charge in [-0.2, -0.15) is 0 Å². The summed E-state index contributed by atoms with van der Waals surface area (Å²) in [5.41, 5.74) is 5.67. The van der Waals surface area contributed by atoms with Gasteiger partial charge in [0.1, 0.15) is 5.01 Å². The average molecular weight is 448 g/mol. The molecule has 0 spiro atoms. The summed E-state index contributed by atoms with van der Waals surface area (Å²) in [7, 11) is 4.07. The maximum Gasteiger partial charge on any atom is 0.192 e. The van der Waals surface area contributed by atoms with Gasteiger partial charge in [-0.05, 0) is 24.6 Å². The van der Waals surface area contributed by atoms with E-state index in [1.165, 1.54) is 11.1 Å². The molecule has 2 heterocycles. The molecule has 4 rings (SSSR count). The first kappa shape index (κ1) is 21.3. The molecule has 2 aromatic carbocycles. The van der Waals surface area contributed by atoms with Crippen LogP contribution in [0.15, 0.2) is 71.7 Å². The second kappa shape index (κ2) is 9.49. The Balaban J connectivity index is 1.55. The number of aromatic nitrogens is 4. The summed E-state index contributed by atoms with van der Waals surface area (Å²) in [6, 6.07) is 16.7. The Morgan fingerprint density at radius 1 is 1.13 bits per heavy atom. The summed E-state index contributed by atoms with van der Waals surface area (Å²) in [5.74, 6) is 1.60. The largest absolute Gasteiger partial charge is 0.378 e. The fourth-order valence-corrected chi connectivity index (χ4v) is 5.13. The number of anilines is 1. The number of hydrogen-bond donors (Lipinski definition) is 0. The van der Waals surface area contributed by atoms with Crippen molar-refractivity contribution in [3.63, 3.8) is 0 Å². The van der Waals surface area contributed by atoms with Crippen molar-refractivity contribution in [1.82, 2.24) is 19.7 Å². The predicted molar refractivity (Wildman–Crippen MR) is 132 cm³/mol. The SMILES string of the molecule is C=CCn1c(SCc2csc(-c3ccccc3C)n2)nnc1-c1cccc(N(C)C)c1. The molecule has 0 bridgehead atoms. The summed E-state index contributed by atoms with van der Waals surface area (Å²) in [4.78, 5) is 6.93. The van der Waals surface area contributed by atoms with E-state index in [1.54, 1.807) is 23.1 Å².